The summed E-state index contributed by atoms with van der Waals surface area (Å²) in [5, 5.41) is 9.74. The fraction of sp³-hybridized carbons (Fsp3) is 0.611. The highest BCUT2D eigenvalue weighted by molar-refractivity contribution is 7.99. The fourth-order valence-electron chi connectivity index (χ4n) is 3.25. The monoisotopic (exact) mass is 350 g/mol. The zero-order chi connectivity index (χ0) is 17.0. The Kier molecular flexibility index (Phi) is 5.69. The van der Waals surface area contributed by atoms with Crippen LogP contribution in [0.1, 0.15) is 18.4 Å². The van der Waals surface area contributed by atoms with Crippen LogP contribution in [-0.4, -0.2) is 71.2 Å². The third-order valence-corrected chi connectivity index (χ3v) is 5.94. The van der Waals surface area contributed by atoms with Gasteiger partial charge in [0.25, 0.3) is 0 Å². The van der Waals surface area contributed by atoms with E-state index in [-0.39, 0.29) is 0 Å². The molecule has 24 heavy (non-hydrogen) atoms. The Morgan fingerprint density at radius 1 is 1.21 bits per heavy atom. The van der Waals surface area contributed by atoms with E-state index in [0.717, 1.165) is 55.5 Å². The van der Waals surface area contributed by atoms with Gasteiger partial charge < -0.3 is 14.7 Å². The van der Waals surface area contributed by atoms with Crippen LogP contribution in [0, 0.1) is 0 Å². The first-order chi connectivity index (χ1) is 11.6. The first-order valence-corrected chi connectivity index (χ1v) is 9.73. The third kappa shape index (κ3) is 4.05. The molecule has 1 aromatic carbocycles. The Labute approximate surface area is 148 Å². The van der Waals surface area contributed by atoms with Crippen molar-refractivity contribution in [2.75, 3.05) is 44.7 Å². The number of carboxylic acid groups (broad SMARTS) is 1. The number of hydrogen-bond donors (Lipinski definition) is 1. The molecule has 6 heteroatoms. The number of piperazine rings is 1. The normalized spacial score (nSPS) is 22.2. The van der Waals surface area contributed by atoms with E-state index in [1.165, 1.54) is 0 Å². The molecule has 132 valence electrons. The lowest BCUT2D eigenvalue weighted by molar-refractivity contribution is -0.156. The van der Waals surface area contributed by atoms with Crippen LogP contribution in [0.4, 0.5) is 0 Å². The molecule has 2 saturated heterocycles. The van der Waals surface area contributed by atoms with Crippen molar-refractivity contribution in [1.29, 1.82) is 0 Å². The van der Waals surface area contributed by atoms with E-state index in [1.807, 2.05) is 18.2 Å². The predicted molar refractivity (Wildman–Crippen MR) is 96.8 cm³/mol. The second-order valence-electron chi connectivity index (χ2n) is 6.70. The maximum atomic E-state index is 11.9. The molecule has 2 aliphatic heterocycles. The smallest absolute Gasteiger partial charge is 0.348 e. The lowest BCUT2D eigenvalue weighted by atomic mass is 9.96. The van der Waals surface area contributed by atoms with Gasteiger partial charge in [0, 0.05) is 51.1 Å². The maximum Gasteiger partial charge on any atom is 0.348 e. The number of ether oxygens (including phenoxy) is 1. The largest absolute Gasteiger partial charge is 0.478 e. The summed E-state index contributed by atoms with van der Waals surface area (Å²) in [6.07, 6.45) is 1.13. The number of para-hydroxylation sites is 1. The van der Waals surface area contributed by atoms with Crippen molar-refractivity contribution in [3.05, 3.63) is 29.8 Å². The molecule has 0 saturated carbocycles. The zero-order valence-corrected chi connectivity index (χ0v) is 15.1. The topological polar surface area (TPSA) is 53.0 Å². The predicted octanol–water partition coefficient (Wildman–Crippen LogP) is 2.16. The molecule has 0 aliphatic carbocycles. The first-order valence-electron chi connectivity index (χ1n) is 8.58. The minimum Gasteiger partial charge on any atom is -0.478 e. The van der Waals surface area contributed by atoms with E-state index in [0.29, 0.717) is 12.8 Å². The van der Waals surface area contributed by atoms with Crippen LogP contribution in [0.2, 0.25) is 0 Å². The van der Waals surface area contributed by atoms with Crippen molar-refractivity contribution in [3.8, 4) is 5.75 Å². The van der Waals surface area contributed by atoms with Gasteiger partial charge in [-0.1, -0.05) is 18.2 Å². The Bertz CT molecular complexity index is 567. The average molecular weight is 350 g/mol. The molecule has 3 rings (SSSR count). The van der Waals surface area contributed by atoms with Crippen LogP contribution in [0.15, 0.2) is 24.3 Å². The summed E-state index contributed by atoms with van der Waals surface area (Å²) in [5.74, 6) is 1.57. The van der Waals surface area contributed by atoms with Gasteiger partial charge in [-0.15, -0.1) is 0 Å². The highest BCUT2D eigenvalue weighted by Gasteiger charge is 2.42. The molecular weight excluding hydrogens is 324 g/mol. The van der Waals surface area contributed by atoms with Crippen LogP contribution < -0.4 is 4.74 Å². The second-order valence-corrected chi connectivity index (χ2v) is 7.93. The third-order valence-electron chi connectivity index (χ3n) is 4.96. The van der Waals surface area contributed by atoms with Crippen LogP contribution in [0.3, 0.4) is 0 Å². The van der Waals surface area contributed by atoms with Crippen LogP contribution in [0.5, 0.6) is 5.75 Å². The summed E-state index contributed by atoms with van der Waals surface area (Å²) in [4.78, 5) is 16.6. The molecule has 2 heterocycles. The number of hydrogen-bond acceptors (Lipinski definition) is 5. The average Bonchev–Trinajstić information content (AvgIpc) is 2.59. The highest BCUT2D eigenvalue weighted by atomic mass is 32.2. The van der Waals surface area contributed by atoms with Gasteiger partial charge in [-0.25, -0.2) is 4.79 Å². The molecular formula is C18H26N2O3S. The molecule has 2 aliphatic rings. The lowest BCUT2D eigenvalue weighted by Crippen LogP contribution is -2.48. The quantitative estimate of drug-likeness (QED) is 0.878. The number of carboxylic acids is 1. The van der Waals surface area contributed by atoms with Gasteiger partial charge in [0.05, 0.1) is 0 Å². The number of likely N-dealkylation sites (N-methyl/N-ethyl adjacent to an activating group) is 1. The number of nitrogens with zero attached hydrogens (tertiary/aromatic N) is 2. The van der Waals surface area contributed by atoms with Gasteiger partial charge in [-0.3, -0.25) is 4.90 Å². The minimum absolute atomic E-state index is 0.565. The Morgan fingerprint density at radius 2 is 1.88 bits per heavy atom. The van der Waals surface area contributed by atoms with Crippen molar-refractivity contribution in [1.82, 2.24) is 9.80 Å². The van der Waals surface area contributed by atoms with Gasteiger partial charge in [-0.05, 0) is 24.6 Å². The molecule has 0 amide bonds. The summed E-state index contributed by atoms with van der Waals surface area (Å²) in [6, 6.07) is 7.90. The molecule has 0 aromatic heterocycles. The van der Waals surface area contributed by atoms with Crippen molar-refractivity contribution in [2.45, 2.75) is 25.0 Å². The summed E-state index contributed by atoms with van der Waals surface area (Å²) in [5.41, 5.74) is 0.0182. The molecule has 0 atom stereocenters. The number of thioether (sulfide) groups is 1. The molecule has 0 spiro atoms. The number of carbonyl (C=O) groups is 1. The first kappa shape index (κ1) is 17.6. The SMILES string of the molecule is CN1CCN(Cc2ccccc2OC2(C(=O)O)CCSCC2)CC1. The van der Waals surface area contributed by atoms with Gasteiger partial charge >= 0.3 is 5.97 Å². The Hall–Kier alpha value is -1.24. The Morgan fingerprint density at radius 3 is 2.54 bits per heavy atom. The summed E-state index contributed by atoms with van der Waals surface area (Å²) < 4.78 is 6.15. The minimum atomic E-state index is -1.07. The molecule has 1 N–H and O–H groups in total. The van der Waals surface area contributed by atoms with Crippen molar-refractivity contribution in [2.24, 2.45) is 0 Å². The van der Waals surface area contributed by atoms with Gasteiger partial charge in [-0.2, -0.15) is 11.8 Å². The molecule has 5 nitrogen and oxygen atoms in total. The van der Waals surface area contributed by atoms with E-state index in [2.05, 4.69) is 22.9 Å². The fourth-order valence-corrected chi connectivity index (χ4v) is 4.40. The number of aliphatic carboxylic acids is 1. The summed E-state index contributed by atoms with van der Waals surface area (Å²) >= 11 is 1.80. The van der Waals surface area contributed by atoms with E-state index in [9.17, 15) is 9.90 Å². The lowest BCUT2D eigenvalue weighted by Gasteiger charge is -2.35. The van der Waals surface area contributed by atoms with Crippen LogP contribution >= 0.6 is 11.8 Å². The van der Waals surface area contributed by atoms with Crippen molar-refractivity contribution < 1.29 is 14.6 Å². The van der Waals surface area contributed by atoms with Crippen molar-refractivity contribution >= 4 is 17.7 Å². The van der Waals surface area contributed by atoms with Gasteiger partial charge in [0.1, 0.15) is 5.75 Å². The summed E-state index contributed by atoms with van der Waals surface area (Å²) in [6.45, 7) is 5.02. The molecule has 0 bridgehead atoms. The van der Waals surface area contributed by atoms with Gasteiger partial charge in [0.2, 0.25) is 5.60 Å². The van der Waals surface area contributed by atoms with E-state index in [1.54, 1.807) is 11.8 Å². The van der Waals surface area contributed by atoms with Crippen LogP contribution in [-0.2, 0) is 11.3 Å². The zero-order valence-electron chi connectivity index (χ0n) is 14.2. The van der Waals surface area contributed by atoms with Crippen molar-refractivity contribution in [3.63, 3.8) is 0 Å². The molecule has 0 radical (unpaired) electrons. The maximum absolute atomic E-state index is 11.9. The second kappa shape index (κ2) is 7.76. The van der Waals surface area contributed by atoms with E-state index >= 15 is 0 Å². The van der Waals surface area contributed by atoms with Gasteiger partial charge in [0.15, 0.2) is 0 Å². The van der Waals surface area contributed by atoms with Crippen LogP contribution in [0.25, 0.3) is 0 Å². The standard InChI is InChI=1S/C18H26N2O3S/c1-19-8-10-20(11-9-19)14-15-4-2-3-5-16(15)23-18(17(21)22)6-12-24-13-7-18/h2-5H,6-14H2,1H3,(H,21,22). The van der Waals surface area contributed by atoms with E-state index in [4.69, 9.17) is 4.74 Å². The number of rotatable bonds is 5. The van der Waals surface area contributed by atoms with E-state index < -0.39 is 11.6 Å². The number of benzene rings is 1. The highest BCUT2D eigenvalue weighted by Crippen LogP contribution is 2.34. The Balaban J connectivity index is 1.74. The molecule has 0 unspecified atom stereocenters. The molecule has 2 fully saturated rings. The summed E-state index contributed by atoms with van der Waals surface area (Å²) in [7, 11) is 2.14. The molecule has 1 aromatic rings.